The van der Waals surface area contributed by atoms with Gasteiger partial charge in [0, 0.05) is 11.1 Å². The van der Waals surface area contributed by atoms with Gasteiger partial charge in [0.1, 0.15) is 0 Å². The van der Waals surface area contributed by atoms with Gasteiger partial charge in [-0.15, -0.1) is 0 Å². The van der Waals surface area contributed by atoms with E-state index >= 15 is 0 Å². The molecule has 64 valence electrons. The van der Waals surface area contributed by atoms with Crippen LogP contribution in [-0.2, 0) is 0 Å². The molecule has 2 heterocycles. The molecule has 0 aromatic rings. The summed E-state index contributed by atoms with van der Waals surface area (Å²) in [5.74, 6) is 0.925. The molecule has 0 aliphatic carbocycles. The van der Waals surface area contributed by atoms with Crippen LogP contribution in [-0.4, -0.2) is 11.1 Å². The summed E-state index contributed by atoms with van der Waals surface area (Å²) >= 11 is 0. The Morgan fingerprint density at radius 1 is 1.09 bits per heavy atom. The Morgan fingerprint density at radius 2 is 1.55 bits per heavy atom. The van der Waals surface area contributed by atoms with Gasteiger partial charge in [-0.25, -0.2) is 0 Å². The fraction of sp³-hybridized carbons (Fsp3) is 1.00. The number of hydrogen-bond acceptors (Lipinski definition) is 1. The molecule has 2 saturated heterocycles. The van der Waals surface area contributed by atoms with Crippen LogP contribution in [0.2, 0.25) is 0 Å². The zero-order valence-electron chi connectivity index (χ0n) is 7.91. The highest BCUT2D eigenvalue weighted by Crippen LogP contribution is 2.44. The van der Waals surface area contributed by atoms with Gasteiger partial charge in [-0.05, 0) is 45.4 Å². The lowest BCUT2D eigenvalue weighted by molar-refractivity contribution is 0.182. The molecule has 3 atom stereocenters. The lowest BCUT2D eigenvalue weighted by atomic mass is 9.82. The highest BCUT2D eigenvalue weighted by Gasteiger charge is 2.46. The van der Waals surface area contributed by atoms with Crippen molar-refractivity contribution in [1.82, 2.24) is 5.32 Å². The fourth-order valence-electron chi connectivity index (χ4n) is 3.32. The second-order valence-electron chi connectivity index (χ2n) is 5.26. The summed E-state index contributed by atoms with van der Waals surface area (Å²) in [5.41, 5.74) is 0.957. The summed E-state index contributed by atoms with van der Waals surface area (Å²) in [4.78, 5) is 0. The Labute approximate surface area is 69.6 Å². The number of piperidine rings is 1. The van der Waals surface area contributed by atoms with E-state index in [0.717, 1.165) is 5.92 Å². The number of hydrogen-bond donors (Lipinski definition) is 1. The first-order valence-corrected chi connectivity index (χ1v) is 4.81. The molecule has 0 radical (unpaired) electrons. The fourth-order valence-corrected chi connectivity index (χ4v) is 3.32. The van der Waals surface area contributed by atoms with Crippen molar-refractivity contribution in [2.45, 2.75) is 57.5 Å². The smallest absolute Gasteiger partial charge is 0.0161 e. The molecule has 1 heteroatoms. The third-order valence-corrected chi connectivity index (χ3v) is 3.43. The van der Waals surface area contributed by atoms with Crippen molar-refractivity contribution in [2.24, 2.45) is 5.92 Å². The average molecular weight is 153 g/mol. The van der Waals surface area contributed by atoms with E-state index in [1.165, 1.54) is 25.7 Å². The first-order valence-electron chi connectivity index (χ1n) is 4.81. The van der Waals surface area contributed by atoms with Crippen molar-refractivity contribution < 1.29 is 0 Å². The first kappa shape index (κ1) is 7.60. The summed E-state index contributed by atoms with van der Waals surface area (Å²) in [5, 5.41) is 3.77. The van der Waals surface area contributed by atoms with E-state index in [0.29, 0.717) is 11.1 Å². The lowest BCUT2D eigenvalue weighted by Gasteiger charge is -2.40. The third-order valence-electron chi connectivity index (χ3n) is 3.43. The lowest BCUT2D eigenvalue weighted by Crippen LogP contribution is -2.53. The van der Waals surface area contributed by atoms with Crippen LogP contribution in [0.5, 0.6) is 0 Å². The highest BCUT2D eigenvalue weighted by molar-refractivity contribution is 5.07. The normalized spacial score (nSPS) is 56.5. The van der Waals surface area contributed by atoms with E-state index in [1.807, 2.05) is 0 Å². The minimum atomic E-state index is 0.479. The van der Waals surface area contributed by atoms with Crippen LogP contribution in [0, 0.1) is 5.92 Å². The molecule has 1 N–H and O–H groups in total. The molecule has 2 aliphatic heterocycles. The van der Waals surface area contributed by atoms with Crippen molar-refractivity contribution in [2.75, 3.05) is 0 Å². The number of rotatable bonds is 0. The third kappa shape index (κ3) is 1.20. The van der Waals surface area contributed by atoms with Gasteiger partial charge < -0.3 is 5.32 Å². The van der Waals surface area contributed by atoms with Crippen LogP contribution in [0.25, 0.3) is 0 Å². The summed E-state index contributed by atoms with van der Waals surface area (Å²) < 4.78 is 0. The quantitative estimate of drug-likeness (QED) is 0.563. The van der Waals surface area contributed by atoms with Gasteiger partial charge in [0.25, 0.3) is 0 Å². The van der Waals surface area contributed by atoms with Gasteiger partial charge in [-0.3, -0.25) is 0 Å². The Hall–Kier alpha value is -0.0400. The van der Waals surface area contributed by atoms with Crippen molar-refractivity contribution >= 4 is 0 Å². The average Bonchev–Trinajstić information content (AvgIpc) is 2.01. The minimum absolute atomic E-state index is 0.479. The predicted molar refractivity (Wildman–Crippen MR) is 47.6 cm³/mol. The van der Waals surface area contributed by atoms with Crippen molar-refractivity contribution in [3.8, 4) is 0 Å². The summed E-state index contributed by atoms with van der Waals surface area (Å²) in [6, 6.07) is 0. The van der Waals surface area contributed by atoms with Crippen LogP contribution < -0.4 is 5.32 Å². The zero-order valence-corrected chi connectivity index (χ0v) is 7.91. The van der Waals surface area contributed by atoms with Crippen LogP contribution in [0.3, 0.4) is 0 Å². The van der Waals surface area contributed by atoms with E-state index in [-0.39, 0.29) is 0 Å². The maximum absolute atomic E-state index is 3.77. The molecular weight excluding hydrogens is 134 g/mol. The van der Waals surface area contributed by atoms with Gasteiger partial charge in [0.2, 0.25) is 0 Å². The maximum atomic E-state index is 3.77. The second kappa shape index (κ2) is 2.01. The Kier molecular flexibility index (Phi) is 1.39. The molecular formula is C10H19N. The van der Waals surface area contributed by atoms with E-state index in [4.69, 9.17) is 0 Å². The van der Waals surface area contributed by atoms with E-state index in [2.05, 4.69) is 26.1 Å². The molecule has 0 aromatic heterocycles. The maximum Gasteiger partial charge on any atom is 0.0161 e. The summed E-state index contributed by atoms with van der Waals surface area (Å²) in [6.07, 6.45) is 5.52. The SMILES string of the molecule is C[C@H]1C[C@]2(C)CC[C@](C)(C1)N2. The first-order chi connectivity index (χ1) is 5.02. The molecule has 0 spiro atoms. The van der Waals surface area contributed by atoms with Crippen molar-refractivity contribution in [3.63, 3.8) is 0 Å². The van der Waals surface area contributed by atoms with Crippen LogP contribution >= 0.6 is 0 Å². The Bertz CT molecular complexity index is 160. The predicted octanol–water partition coefficient (Wildman–Crippen LogP) is 2.32. The van der Waals surface area contributed by atoms with E-state index in [9.17, 15) is 0 Å². The standard InChI is InChI=1S/C10H19N/c1-8-6-9(2)4-5-10(3,7-8)11-9/h8,11H,4-7H2,1-3H3/t8-,9-,10+. The second-order valence-corrected chi connectivity index (χ2v) is 5.26. The largest absolute Gasteiger partial charge is 0.306 e. The molecule has 0 amide bonds. The zero-order chi connectivity index (χ0) is 8.11. The number of nitrogens with one attached hydrogen (secondary N) is 1. The number of fused-ring (bicyclic) bond motifs is 2. The Balaban J connectivity index is 2.21. The van der Waals surface area contributed by atoms with Crippen LogP contribution in [0.4, 0.5) is 0 Å². The van der Waals surface area contributed by atoms with Gasteiger partial charge in [-0.1, -0.05) is 6.92 Å². The molecule has 11 heavy (non-hydrogen) atoms. The topological polar surface area (TPSA) is 12.0 Å². The molecule has 0 saturated carbocycles. The molecule has 1 nitrogen and oxygen atoms in total. The molecule has 2 fully saturated rings. The van der Waals surface area contributed by atoms with Gasteiger partial charge in [0.15, 0.2) is 0 Å². The molecule has 2 rings (SSSR count). The van der Waals surface area contributed by atoms with Gasteiger partial charge in [0.05, 0.1) is 0 Å². The molecule has 2 bridgehead atoms. The van der Waals surface area contributed by atoms with Crippen molar-refractivity contribution in [3.05, 3.63) is 0 Å². The van der Waals surface area contributed by atoms with Crippen LogP contribution in [0.1, 0.15) is 46.5 Å². The van der Waals surface area contributed by atoms with E-state index in [1.54, 1.807) is 0 Å². The van der Waals surface area contributed by atoms with Gasteiger partial charge >= 0.3 is 0 Å². The molecule has 0 unspecified atom stereocenters. The minimum Gasteiger partial charge on any atom is -0.306 e. The van der Waals surface area contributed by atoms with Crippen molar-refractivity contribution in [1.29, 1.82) is 0 Å². The van der Waals surface area contributed by atoms with Gasteiger partial charge in [-0.2, -0.15) is 0 Å². The van der Waals surface area contributed by atoms with E-state index < -0.39 is 0 Å². The highest BCUT2D eigenvalue weighted by atomic mass is 15.1. The molecule has 2 aliphatic rings. The summed E-state index contributed by atoms with van der Waals surface area (Å²) in [7, 11) is 0. The van der Waals surface area contributed by atoms with Crippen LogP contribution in [0.15, 0.2) is 0 Å². The monoisotopic (exact) mass is 153 g/mol. The summed E-state index contributed by atoms with van der Waals surface area (Å²) in [6.45, 7) is 7.16. The Morgan fingerprint density at radius 3 is 2.00 bits per heavy atom. The molecule has 0 aromatic carbocycles.